The zero-order valence-corrected chi connectivity index (χ0v) is 19.3. The molecule has 0 spiro atoms. The van der Waals surface area contributed by atoms with Gasteiger partial charge in [0.25, 0.3) is 0 Å². The minimum atomic E-state index is -4.94. The third kappa shape index (κ3) is 4.45. The molecule has 10 heteroatoms. The maximum Gasteiger partial charge on any atom is 0.370 e. The summed E-state index contributed by atoms with van der Waals surface area (Å²) in [6.07, 6.45) is 3.93. The number of imidazole rings is 1. The molecule has 0 fully saturated rings. The van der Waals surface area contributed by atoms with Gasteiger partial charge in [-0.1, -0.05) is 12.1 Å². The average molecular weight is 468 g/mol. The predicted molar refractivity (Wildman–Crippen MR) is 113 cm³/mol. The van der Waals surface area contributed by atoms with Crippen LogP contribution in [0.5, 0.6) is 0 Å². The van der Waals surface area contributed by atoms with Crippen LogP contribution in [0.15, 0.2) is 60.9 Å². The Morgan fingerprint density at radius 3 is 2.24 bits per heavy atom. The van der Waals surface area contributed by atoms with Gasteiger partial charge in [0.15, 0.2) is 5.52 Å². The molecule has 5 rings (SSSR count). The van der Waals surface area contributed by atoms with E-state index in [0.717, 1.165) is 39.4 Å². The van der Waals surface area contributed by atoms with E-state index >= 15 is 0 Å². The molecular formula is C23H22ClN5O4. The first-order chi connectivity index (χ1) is 15.6. The fraction of sp³-hybridized carbons (Fsp3) is 0.174. The number of anilines is 1. The van der Waals surface area contributed by atoms with Crippen LogP contribution in [0.1, 0.15) is 11.1 Å². The number of fused-ring (bicyclic) bond motifs is 5. The van der Waals surface area contributed by atoms with Crippen LogP contribution in [0.3, 0.4) is 0 Å². The Hall–Kier alpha value is -3.34. The van der Waals surface area contributed by atoms with Gasteiger partial charge in [0.2, 0.25) is 0 Å². The molecule has 0 amide bonds. The molecule has 0 aliphatic heterocycles. The zero-order valence-electron chi connectivity index (χ0n) is 18.5. The summed E-state index contributed by atoms with van der Waals surface area (Å²) in [5.41, 5.74) is 8.52. The fourth-order valence-electron chi connectivity index (χ4n) is 3.91. The van der Waals surface area contributed by atoms with E-state index in [4.69, 9.17) is 23.6 Å². The lowest BCUT2D eigenvalue weighted by atomic mass is 10.1. The topological polar surface area (TPSA) is 130 Å². The Kier molecular flexibility index (Phi) is 5.91. The van der Waals surface area contributed by atoms with E-state index in [1.165, 1.54) is 11.1 Å². The van der Waals surface area contributed by atoms with E-state index < -0.39 is 10.2 Å². The number of benzene rings is 1. The molecule has 0 radical (unpaired) electrons. The number of aryl methyl sites for hydroxylation is 2. The van der Waals surface area contributed by atoms with Crippen LogP contribution in [-0.4, -0.2) is 28.5 Å². The van der Waals surface area contributed by atoms with Crippen molar-refractivity contribution in [3.63, 3.8) is 0 Å². The summed E-state index contributed by atoms with van der Waals surface area (Å²) in [5, 5.41) is 0. The molecule has 4 heterocycles. The Labute approximate surface area is 192 Å². The molecule has 9 nitrogen and oxygen atoms in total. The first-order valence-electron chi connectivity index (χ1n) is 10.0. The molecule has 0 atom stereocenters. The lowest BCUT2D eigenvalue weighted by molar-refractivity contribution is -2.00. The Morgan fingerprint density at radius 2 is 1.61 bits per heavy atom. The summed E-state index contributed by atoms with van der Waals surface area (Å²) in [6, 6.07) is 16.7. The van der Waals surface area contributed by atoms with Gasteiger partial charge in [-0.05, 0) is 61.4 Å². The van der Waals surface area contributed by atoms with Gasteiger partial charge in [0.05, 0.1) is 26.0 Å². The van der Waals surface area contributed by atoms with Crippen LogP contribution in [0.4, 0.5) is 5.95 Å². The van der Waals surface area contributed by atoms with E-state index in [9.17, 15) is 0 Å². The molecule has 0 saturated heterocycles. The SMILES string of the molecule is Cc1cc2nc(-c3ccccn3)c3c4cccc[n+]4c(N(C)C)n3c2cc1C.[O-][Cl+3]([O-])([O-])[O-]. The predicted octanol–water partition coefficient (Wildman–Crippen LogP) is -0.785. The lowest BCUT2D eigenvalue weighted by Crippen LogP contribution is -2.68. The molecule has 1 aromatic carbocycles. The van der Waals surface area contributed by atoms with Crippen molar-refractivity contribution in [2.45, 2.75) is 13.8 Å². The number of pyridine rings is 2. The Balaban J connectivity index is 0.000000471. The highest BCUT2D eigenvalue weighted by atomic mass is 35.7. The van der Waals surface area contributed by atoms with Crippen molar-refractivity contribution in [1.29, 1.82) is 0 Å². The van der Waals surface area contributed by atoms with Gasteiger partial charge in [-0.2, -0.15) is 4.40 Å². The first-order valence-corrected chi connectivity index (χ1v) is 11.3. The number of rotatable bonds is 2. The summed E-state index contributed by atoms with van der Waals surface area (Å²) < 4.78 is 38.5. The second kappa shape index (κ2) is 8.54. The highest BCUT2D eigenvalue weighted by Crippen LogP contribution is 2.32. The fourth-order valence-corrected chi connectivity index (χ4v) is 3.91. The van der Waals surface area contributed by atoms with E-state index in [1.54, 1.807) is 0 Å². The minimum Gasteiger partial charge on any atom is -0.269 e. The highest BCUT2D eigenvalue weighted by molar-refractivity contribution is 5.95. The van der Waals surface area contributed by atoms with E-state index in [2.05, 4.69) is 83.2 Å². The second-order valence-corrected chi connectivity index (χ2v) is 8.57. The highest BCUT2D eigenvalue weighted by Gasteiger charge is 2.27. The van der Waals surface area contributed by atoms with E-state index in [-0.39, 0.29) is 0 Å². The monoisotopic (exact) mass is 467 g/mol. The molecule has 0 bridgehead atoms. The van der Waals surface area contributed by atoms with Gasteiger partial charge in [-0.3, -0.25) is 9.88 Å². The van der Waals surface area contributed by atoms with Crippen molar-refractivity contribution in [1.82, 2.24) is 14.4 Å². The molecule has 33 heavy (non-hydrogen) atoms. The number of aromatic nitrogens is 4. The molecule has 0 aliphatic carbocycles. The van der Waals surface area contributed by atoms with Crippen molar-refractivity contribution in [3.05, 3.63) is 72.1 Å². The summed E-state index contributed by atoms with van der Waals surface area (Å²) >= 11 is 0. The number of hydrogen-bond donors (Lipinski definition) is 0. The maximum atomic E-state index is 8.49. The van der Waals surface area contributed by atoms with Gasteiger partial charge >= 0.3 is 5.95 Å². The van der Waals surface area contributed by atoms with Gasteiger partial charge < -0.3 is 0 Å². The maximum absolute atomic E-state index is 8.49. The third-order valence-corrected chi connectivity index (χ3v) is 5.34. The van der Waals surface area contributed by atoms with Crippen molar-refractivity contribution < 1.29 is 33.3 Å². The van der Waals surface area contributed by atoms with Gasteiger partial charge in [-0.25, -0.2) is 28.0 Å². The average Bonchev–Trinajstić information content (AvgIpc) is 3.09. The van der Waals surface area contributed by atoms with Crippen molar-refractivity contribution >= 4 is 28.0 Å². The molecule has 0 saturated carbocycles. The van der Waals surface area contributed by atoms with Gasteiger partial charge in [0, 0.05) is 6.20 Å². The smallest absolute Gasteiger partial charge is 0.269 e. The molecule has 0 unspecified atom stereocenters. The lowest BCUT2D eigenvalue weighted by Gasteiger charge is -2.17. The molecule has 4 aromatic heterocycles. The van der Waals surface area contributed by atoms with Crippen LogP contribution in [0, 0.1) is 24.1 Å². The second-order valence-electron chi connectivity index (χ2n) is 7.81. The van der Waals surface area contributed by atoms with Crippen LogP contribution in [-0.2, 0) is 0 Å². The summed E-state index contributed by atoms with van der Waals surface area (Å²) in [7, 11) is -0.788. The van der Waals surface area contributed by atoms with Crippen molar-refractivity contribution in [2.24, 2.45) is 0 Å². The van der Waals surface area contributed by atoms with E-state index in [1.807, 2.05) is 24.4 Å². The van der Waals surface area contributed by atoms with Crippen molar-refractivity contribution in [3.8, 4) is 11.4 Å². The molecule has 170 valence electrons. The minimum absolute atomic E-state index is 0.877. The van der Waals surface area contributed by atoms with Crippen LogP contribution >= 0.6 is 0 Å². The zero-order chi connectivity index (χ0) is 23.9. The normalized spacial score (nSPS) is 11.6. The summed E-state index contributed by atoms with van der Waals surface area (Å²) in [5.74, 6) is 1.08. The molecule has 5 aromatic rings. The Bertz CT molecular complexity index is 1460. The number of hydrogen-bond acceptors (Lipinski definition) is 7. The van der Waals surface area contributed by atoms with E-state index in [0.29, 0.717) is 0 Å². The molecular weight excluding hydrogens is 446 g/mol. The third-order valence-electron chi connectivity index (χ3n) is 5.34. The summed E-state index contributed by atoms with van der Waals surface area (Å²) in [6.45, 7) is 4.29. The van der Waals surface area contributed by atoms with Crippen LogP contribution in [0.25, 0.3) is 33.5 Å². The quantitative estimate of drug-likeness (QED) is 0.311. The van der Waals surface area contributed by atoms with Crippen LogP contribution < -0.4 is 27.9 Å². The largest absolute Gasteiger partial charge is 0.370 e. The first kappa shape index (κ1) is 22.8. The van der Waals surface area contributed by atoms with Crippen molar-refractivity contribution in [2.75, 3.05) is 19.0 Å². The van der Waals surface area contributed by atoms with Crippen LogP contribution in [0.2, 0.25) is 0 Å². The number of halogens is 1. The van der Waals surface area contributed by atoms with Gasteiger partial charge in [-0.15, -0.1) is 10.2 Å². The molecule has 0 aliphatic rings. The number of nitrogens with zero attached hydrogens (tertiary/aromatic N) is 5. The summed E-state index contributed by atoms with van der Waals surface area (Å²) in [4.78, 5) is 11.8. The molecule has 0 N–H and O–H groups in total. The van der Waals surface area contributed by atoms with Gasteiger partial charge in [0.1, 0.15) is 22.2 Å². The Morgan fingerprint density at radius 1 is 0.939 bits per heavy atom. The standard InChI is InChI=1S/C23H22N5.ClHO4/c1-15-13-18-20(14-16(15)2)28-22(21(25-18)17-9-5-7-11-24-17)19-10-6-8-12-27(19)23(28)26(3)4;2-1(3,4)5/h5-14H,1-4H3;(H,2,3,4,5)/q+1;/p-1.